The molecule has 1 aromatic heterocycles. The van der Waals surface area contributed by atoms with E-state index in [9.17, 15) is 18.0 Å². The minimum Gasteiger partial charge on any atom is -0.354 e. The van der Waals surface area contributed by atoms with Crippen molar-refractivity contribution in [3.63, 3.8) is 0 Å². The number of carbonyl (C=O) groups excluding carboxylic acids is 2. The van der Waals surface area contributed by atoms with Gasteiger partial charge < -0.3 is 15.4 Å². The average molecular weight is 516 g/mol. The number of hydrogen-bond acceptors (Lipinski definition) is 6. The molecule has 2 N–H and O–H groups in total. The molecule has 0 saturated carbocycles. The Labute approximate surface area is 209 Å². The van der Waals surface area contributed by atoms with Gasteiger partial charge in [-0.2, -0.15) is 4.31 Å². The first-order valence-electron chi connectivity index (χ1n) is 11.9. The minimum atomic E-state index is -3.71. The van der Waals surface area contributed by atoms with Crippen LogP contribution < -0.4 is 10.6 Å². The number of carbonyl (C=O) groups is 2. The van der Waals surface area contributed by atoms with E-state index in [0.29, 0.717) is 30.0 Å². The van der Waals surface area contributed by atoms with Crippen LogP contribution in [-0.2, 0) is 32.4 Å². The smallest absolute Gasteiger partial charge is 0.265 e. The molecule has 5 rings (SSSR count). The van der Waals surface area contributed by atoms with E-state index in [2.05, 4.69) is 17.2 Å². The predicted molar refractivity (Wildman–Crippen MR) is 134 cm³/mol. The SMILES string of the molecule is C=CC(=O)NC1CC2CCN(S(=O)(=O)c3ccc(NC(=O)c4cc5c(s4)CCCC5)cc3)CC2O1. The largest absolute Gasteiger partial charge is 0.354 e. The highest BCUT2D eigenvalue weighted by Gasteiger charge is 2.42. The molecule has 1 aromatic carbocycles. The van der Waals surface area contributed by atoms with Crippen molar-refractivity contribution < 1.29 is 22.7 Å². The van der Waals surface area contributed by atoms with Gasteiger partial charge in [-0.25, -0.2) is 8.42 Å². The molecule has 3 heterocycles. The number of piperidine rings is 1. The minimum absolute atomic E-state index is 0.168. The summed E-state index contributed by atoms with van der Waals surface area (Å²) in [4.78, 5) is 26.4. The Hall–Kier alpha value is -2.53. The Balaban J connectivity index is 1.22. The average Bonchev–Trinajstić information content (AvgIpc) is 3.47. The number of aryl methyl sites for hydroxylation is 2. The normalized spacial score (nSPS) is 24.3. The fraction of sp³-hybridized carbons (Fsp3) is 0.440. The van der Waals surface area contributed by atoms with E-state index in [4.69, 9.17) is 4.74 Å². The van der Waals surface area contributed by atoms with Gasteiger partial charge in [0.25, 0.3) is 5.91 Å². The fourth-order valence-corrected chi connectivity index (χ4v) is 7.70. The molecule has 2 aliphatic heterocycles. The number of anilines is 1. The van der Waals surface area contributed by atoms with Crippen LogP contribution in [-0.4, -0.2) is 50.0 Å². The monoisotopic (exact) mass is 515 g/mol. The molecule has 0 bridgehead atoms. The molecule has 10 heteroatoms. The first-order valence-corrected chi connectivity index (χ1v) is 14.2. The summed E-state index contributed by atoms with van der Waals surface area (Å²) < 4.78 is 33.8. The Morgan fingerprint density at radius 1 is 1.17 bits per heavy atom. The fourth-order valence-electron chi connectivity index (χ4n) is 5.09. The van der Waals surface area contributed by atoms with Gasteiger partial charge in [0.15, 0.2) is 0 Å². The van der Waals surface area contributed by atoms with Gasteiger partial charge in [-0.3, -0.25) is 9.59 Å². The van der Waals surface area contributed by atoms with Crippen LogP contribution >= 0.6 is 11.3 Å². The van der Waals surface area contributed by atoms with E-state index < -0.39 is 16.3 Å². The number of sulfonamides is 1. The van der Waals surface area contributed by atoms with Crippen molar-refractivity contribution in [1.82, 2.24) is 9.62 Å². The van der Waals surface area contributed by atoms with Gasteiger partial charge in [0.2, 0.25) is 15.9 Å². The zero-order valence-corrected chi connectivity index (χ0v) is 21.0. The first-order chi connectivity index (χ1) is 16.8. The summed E-state index contributed by atoms with van der Waals surface area (Å²) in [5, 5.41) is 5.62. The van der Waals surface area contributed by atoms with E-state index in [1.165, 1.54) is 39.4 Å². The summed E-state index contributed by atoms with van der Waals surface area (Å²) in [6, 6.07) is 8.28. The van der Waals surface area contributed by atoms with Gasteiger partial charge in [-0.1, -0.05) is 6.58 Å². The van der Waals surface area contributed by atoms with Crippen LogP contribution in [0.3, 0.4) is 0 Å². The van der Waals surface area contributed by atoms with Gasteiger partial charge >= 0.3 is 0 Å². The molecule has 186 valence electrons. The van der Waals surface area contributed by atoms with E-state index in [1.54, 1.807) is 23.5 Å². The maximum Gasteiger partial charge on any atom is 0.265 e. The third kappa shape index (κ3) is 5.06. The van der Waals surface area contributed by atoms with E-state index in [-0.39, 0.29) is 35.3 Å². The molecule has 2 amide bonds. The molecule has 0 radical (unpaired) electrons. The molecule has 1 aliphatic carbocycles. The van der Waals surface area contributed by atoms with Crippen molar-refractivity contribution in [1.29, 1.82) is 0 Å². The second-order valence-corrected chi connectivity index (χ2v) is 12.3. The van der Waals surface area contributed by atoms with E-state index >= 15 is 0 Å². The van der Waals surface area contributed by atoms with Crippen molar-refractivity contribution in [2.75, 3.05) is 18.4 Å². The molecular formula is C25H29N3O5S2. The third-order valence-electron chi connectivity index (χ3n) is 6.97. The summed E-state index contributed by atoms with van der Waals surface area (Å²) in [6.45, 7) is 4.09. The number of hydrogen-bond donors (Lipinski definition) is 2. The number of rotatable bonds is 6. The summed E-state index contributed by atoms with van der Waals surface area (Å²) >= 11 is 1.55. The lowest BCUT2D eigenvalue weighted by atomic mass is 9.94. The second-order valence-electron chi connectivity index (χ2n) is 9.27. The third-order valence-corrected chi connectivity index (χ3v) is 10.1. The number of benzene rings is 1. The number of amides is 2. The Bertz CT molecular complexity index is 1210. The molecule has 2 aromatic rings. The van der Waals surface area contributed by atoms with Crippen LogP contribution in [0.4, 0.5) is 5.69 Å². The molecule has 0 spiro atoms. The Morgan fingerprint density at radius 3 is 2.69 bits per heavy atom. The molecule has 3 aliphatic rings. The lowest BCUT2D eigenvalue weighted by molar-refractivity contribution is -0.120. The maximum absolute atomic E-state index is 13.3. The quantitative estimate of drug-likeness (QED) is 0.575. The van der Waals surface area contributed by atoms with Gasteiger partial charge in [0, 0.05) is 23.7 Å². The van der Waals surface area contributed by atoms with Crippen LogP contribution in [0.1, 0.15) is 45.8 Å². The molecule has 8 nitrogen and oxygen atoms in total. The molecule has 3 atom stereocenters. The molecule has 2 fully saturated rings. The molecular weight excluding hydrogens is 486 g/mol. The topological polar surface area (TPSA) is 105 Å². The van der Waals surface area contributed by atoms with Crippen molar-refractivity contribution in [2.45, 2.75) is 55.8 Å². The van der Waals surface area contributed by atoms with Crippen LogP contribution in [0.2, 0.25) is 0 Å². The Kier molecular flexibility index (Phi) is 6.80. The van der Waals surface area contributed by atoms with Gasteiger partial charge in [0.05, 0.1) is 15.9 Å². The van der Waals surface area contributed by atoms with E-state index in [0.717, 1.165) is 19.3 Å². The van der Waals surface area contributed by atoms with Crippen molar-refractivity contribution >= 4 is 38.9 Å². The highest BCUT2D eigenvalue weighted by molar-refractivity contribution is 7.89. The summed E-state index contributed by atoms with van der Waals surface area (Å²) in [7, 11) is -3.71. The van der Waals surface area contributed by atoms with Crippen molar-refractivity contribution in [3.05, 3.63) is 58.3 Å². The molecule has 3 unspecified atom stereocenters. The lowest BCUT2D eigenvalue weighted by Crippen LogP contribution is -2.45. The number of nitrogens with zero attached hydrogens (tertiary/aromatic N) is 1. The summed E-state index contributed by atoms with van der Waals surface area (Å²) in [5.41, 5.74) is 1.83. The number of nitrogens with one attached hydrogen (secondary N) is 2. The number of fused-ring (bicyclic) bond motifs is 2. The molecule has 35 heavy (non-hydrogen) atoms. The zero-order valence-electron chi connectivity index (χ0n) is 19.4. The predicted octanol–water partition coefficient (Wildman–Crippen LogP) is 3.31. The Morgan fingerprint density at radius 2 is 1.94 bits per heavy atom. The second kappa shape index (κ2) is 9.85. The summed E-state index contributed by atoms with van der Waals surface area (Å²) in [6.07, 6.45) is 6.25. The number of ether oxygens (including phenoxy) is 1. The van der Waals surface area contributed by atoms with Gasteiger partial charge in [-0.05, 0) is 86.4 Å². The van der Waals surface area contributed by atoms with Crippen molar-refractivity contribution in [3.8, 4) is 0 Å². The van der Waals surface area contributed by atoms with Gasteiger partial charge in [0.1, 0.15) is 6.23 Å². The van der Waals surface area contributed by atoms with E-state index in [1.807, 2.05) is 6.07 Å². The van der Waals surface area contributed by atoms with Crippen LogP contribution in [0.5, 0.6) is 0 Å². The lowest BCUT2D eigenvalue weighted by Gasteiger charge is -2.33. The van der Waals surface area contributed by atoms with Crippen LogP contribution in [0.25, 0.3) is 0 Å². The van der Waals surface area contributed by atoms with Crippen LogP contribution in [0.15, 0.2) is 47.9 Å². The van der Waals surface area contributed by atoms with Crippen molar-refractivity contribution in [2.24, 2.45) is 5.92 Å². The first kappa shape index (κ1) is 24.2. The van der Waals surface area contributed by atoms with Crippen LogP contribution in [0, 0.1) is 5.92 Å². The number of thiophene rings is 1. The zero-order chi connectivity index (χ0) is 24.6. The van der Waals surface area contributed by atoms with Gasteiger partial charge in [-0.15, -0.1) is 11.3 Å². The highest BCUT2D eigenvalue weighted by Crippen LogP contribution is 2.35. The molecule has 2 saturated heterocycles. The highest BCUT2D eigenvalue weighted by atomic mass is 32.2. The summed E-state index contributed by atoms with van der Waals surface area (Å²) in [5.74, 6) is -0.264. The standard InChI is InChI=1S/C25H29N3O5S2/c1-2-23(29)27-24-14-16-11-12-28(15-20(16)33-24)35(31,32)19-9-7-18(8-10-19)26-25(30)22-13-17-5-3-4-6-21(17)34-22/h2,7-10,13,16,20,24H,1,3-6,11-12,14-15H2,(H,26,30)(H,27,29). The maximum atomic E-state index is 13.3.